The van der Waals surface area contributed by atoms with E-state index in [4.69, 9.17) is 0 Å². The van der Waals surface area contributed by atoms with Crippen molar-refractivity contribution >= 4 is 22.5 Å². The van der Waals surface area contributed by atoms with Crippen LogP contribution in [0.1, 0.15) is 79.3 Å². The molecular weight excluding hydrogens is 468 g/mol. The Balaban J connectivity index is 1.32. The van der Waals surface area contributed by atoms with Gasteiger partial charge < -0.3 is 10.4 Å². The van der Waals surface area contributed by atoms with Gasteiger partial charge in [-0.15, -0.1) is 0 Å². The number of para-hydroxylation sites is 1. The average Bonchev–Trinajstić information content (AvgIpc) is 2.93. The second-order valence-electron chi connectivity index (χ2n) is 10.9. The number of carbonyl (C=O) groups excluding carboxylic acids is 1. The molecule has 3 aromatic carbocycles. The number of carbonyl (C=O) groups is 1. The maximum absolute atomic E-state index is 13.3. The SMILES string of the molecule is C=C(O)CC1CCC(c2ccc(-c3ccc4c(C(=O)Nc5ccccc5C(C)C)ccnc4c3)cc2)CC1. The van der Waals surface area contributed by atoms with Gasteiger partial charge in [0.1, 0.15) is 0 Å². The fourth-order valence-electron chi connectivity index (χ4n) is 5.81. The summed E-state index contributed by atoms with van der Waals surface area (Å²) in [6.45, 7) is 7.91. The minimum absolute atomic E-state index is 0.124. The lowest BCUT2D eigenvalue weighted by Crippen LogP contribution is -2.14. The van der Waals surface area contributed by atoms with E-state index >= 15 is 0 Å². The highest BCUT2D eigenvalue weighted by atomic mass is 16.3. The largest absolute Gasteiger partial charge is 0.513 e. The number of nitrogens with zero attached hydrogens (tertiary/aromatic N) is 1. The van der Waals surface area contributed by atoms with E-state index in [2.05, 4.69) is 73.2 Å². The molecule has 5 rings (SSSR count). The Morgan fingerprint density at radius 3 is 2.39 bits per heavy atom. The summed E-state index contributed by atoms with van der Waals surface area (Å²) in [5.41, 5.74) is 7.01. The Bertz CT molecular complexity index is 1450. The lowest BCUT2D eigenvalue weighted by Gasteiger charge is -2.28. The van der Waals surface area contributed by atoms with Crippen molar-refractivity contribution in [1.82, 2.24) is 4.98 Å². The molecule has 38 heavy (non-hydrogen) atoms. The highest BCUT2D eigenvalue weighted by Gasteiger charge is 2.23. The summed E-state index contributed by atoms with van der Waals surface area (Å²) in [6, 6.07) is 24.8. The molecule has 1 aliphatic carbocycles. The number of aromatic nitrogens is 1. The van der Waals surface area contributed by atoms with Gasteiger partial charge in [0, 0.05) is 23.7 Å². The van der Waals surface area contributed by atoms with Gasteiger partial charge in [-0.05, 0) is 83.9 Å². The number of benzene rings is 3. The minimum Gasteiger partial charge on any atom is -0.513 e. The van der Waals surface area contributed by atoms with E-state index in [1.807, 2.05) is 24.3 Å². The topological polar surface area (TPSA) is 62.2 Å². The van der Waals surface area contributed by atoms with Crippen LogP contribution in [-0.2, 0) is 0 Å². The Kier molecular flexibility index (Phi) is 7.59. The molecule has 0 unspecified atom stereocenters. The monoisotopic (exact) mass is 504 g/mol. The minimum atomic E-state index is -0.124. The van der Waals surface area contributed by atoms with Crippen molar-refractivity contribution in [1.29, 1.82) is 0 Å². The Morgan fingerprint density at radius 1 is 0.974 bits per heavy atom. The lowest BCUT2D eigenvalue weighted by molar-refractivity contribution is 0.102. The third-order valence-electron chi connectivity index (χ3n) is 7.90. The molecule has 1 amide bonds. The van der Waals surface area contributed by atoms with Crippen LogP contribution < -0.4 is 5.32 Å². The zero-order valence-corrected chi connectivity index (χ0v) is 22.3. The van der Waals surface area contributed by atoms with Crippen LogP contribution in [0.15, 0.2) is 91.3 Å². The summed E-state index contributed by atoms with van der Waals surface area (Å²) < 4.78 is 0. The summed E-state index contributed by atoms with van der Waals surface area (Å²) >= 11 is 0. The van der Waals surface area contributed by atoms with E-state index in [0.29, 0.717) is 29.1 Å². The van der Waals surface area contributed by atoms with Gasteiger partial charge in [-0.3, -0.25) is 9.78 Å². The molecule has 0 bridgehead atoms. The van der Waals surface area contributed by atoms with Crippen molar-refractivity contribution in [2.24, 2.45) is 5.92 Å². The standard InChI is InChI=1S/C34H36N2O2/c1-22(2)29-6-4-5-7-32(29)36-34(38)31-18-19-35-33-21-28(16-17-30(31)33)27-14-12-26(13-15-27)25-10-8-24(9-11-25)20-23(3)37/h4-7,12-19,21-22,24-25,37H,3,8-11,20H2,1-2H3,(H,36,38). The van der Waals surface area contributed by atoms with E-state index in [1.165, 1.54) is 5.56 Å². The van der Waals surface area contributed by atoms with Crippen LogP contribution in [0.5, 0.6) is 0 Å². The van der Waals surface area contributed by atoms with Crippen molar-refractivity contribution in [2.45, 2.75) is 57.8 Å². The van der Waals surface area contributed by atoms with Crippen molar-refractivity contribution in [2.75, 3.05) is 5.32 Å². The number of aliphatic hydroxyl groups excluding tert-OH is 1. The lowest BCUT2D eigenvalue weighted by atomic mass is 9.77. The predicted octanol–water partition coefficient (Wildman–Crippen LogP) is 9.01. The zero-order valence-electron chi connectivity index (χ0n) is 22.3. The Morgan fingerprint density at radius 2 is 1.68 bits per heavy atom. The summed E-state index contributed by atoms with van der Waals surface area (Å²) in [6.07, 6.45) is 7.03. The molecule has 2 N–H and O–H groups in total. The number of hydrogen-bond acceptors (Lipinski definition) is 3. The molecule has 4 heteroatoms. The van der Waals surface area contributed by atoms with Gasteiger partial charge in [-0.25, -0.2) is 0 Å². The molecule has 0 spiro atoms. The molecule has 4 aromatic rings. The van der Waals surface area contributed by atoms with Gasteiger partial charge in [0.2, 0.25) is 0 Å². The first-order valence-corrected chi connectivity index (χ1v) is 13.6. The molecule has 0 saturated heterocycles. The summed E-state index contributed by atoms with van der Waals surface area (Å²) in [5, 5.41) is 13.5. The van der Waals surface area contributed by atoms with Crippen LogP contribution in [0.25, 0.3) is 22.0 Å². The third kappa shape index (κ3) is 5.65. The molecule has 0 atom stereocenters. The fourth-order valence-corrected chi connectivity index (χ4v) is 5.81. The first-order valence-electron chi connectivity index (χ1n) is 13.6. The number of amides is 1. The van der Waals surface area contributed by atoms with Crippen LogP contribution >= 0.6 is 0 Å². The molecule has 0 aliphatic heterocycles. The average molecular weight is 505 g/mol. The molecule has 1 heterocycles. The zero-order chi connectivity index (χ0) is 26.6. The van der Waals surface area contributed by atoms with Crippen LogP contribution in [0, 0.1) is 5.92 Å². The van der Waals surface area contributed by atoms with Crippen LogP contribution in [0.3, 0.4) is 0 Å². The van der Waals surface area contributed by atoms with Crippen LogP contribution in [0.4, 0.5) is 5.69 Å². The highest BCUT2D eigenvalue weighted by Crippen LogP contribution is 2.38. The number of anilines is 1. The summed E-state index contributed by atoms with van der Waals surface area (Å²) in [7, 11) is 0. The summed E-state index contributed by atoms with van der Waals surface area (Å²) in [5.74, 6) is 1.64. The van der Waals surface area contributed by atoms with E-state index in [9.17, 15) is 9.90 Å². The van der Waals surface area contributed by atoms with Crippen LogP contribution in [-0.4, -0.2) is 16.0 Å². The first kappa shape index (κ1) is 25.7. The molecule has 1 saturated carbocycles. The van der Waals surface area contributed by atoms with E-state index in [0.717, 1.165) is 65.4 Å². The molecule has 4 nitrogen and oxygen atoms in total. The number of rotatable bonds is 7. The van der Waals surface area contributed by atoms with Crippen molar-refractivity contribution < 1.29 is 9.90 Å². The number of hydrogen-bond donors (Lipinski definition) is 2. The number of pyridine rings is 1. The van der Waals surface area contributed by atoms with E-state index in [1.54, 1.807) is 12.3 Å². The number of nitrogens with one attached hydrogen (secondary N) is 1. The normalized spacial score (nSPS) is 17.4. The maximum Gasteiger partial charge on any atom is 0.256 e. The van der Waals surface area contributed by atoms with Crippen molar-refractivity contribution in [3.05, 3.63) is 108 Å². The number of fused-ring (bicyclic) bond motifs is 1. The molecule has 0 radical (unpaired) electrons. The first-order chi connectivity index (χ1) is 18.4. The third-order valence-corrected chi connectivity index (χ3v) is 7.90. The van der Waals surface area contributed by atoms with Gasteiger partial charge in [0.15, 0.2) is 0 Å². The van der Waals surface area contributed by atoms with E-state index in [-0.39, 0.29) is 5.91 Å². The fraction of sp³-hybridized carbons (Fsp3) is 0.294. The van der Waals surface area contributed by atoms with Crippen molar-refractivity contribution in [3.8, 4) is 11.1 Å². The Labute approximate surface area is 225 Å². The van der Waals surface area contributed by atoms with Crippen LogP contribution in [0.2, 0.25) is 0 Å². The molecule has 194 valence electrons. The molecule has 1 aliphatic rings. The maximum atomic E-state index is 13.3. The summed E-state index contributed by atoms with van der Waals surface area (Å²) in [4.78, 5) is 17.8. The van der Waals surface area contributed by atoms with Gasteiger partial charge in [-0.2, -0.15) is 0 Å². The Hall–Kier alpha value is -3.92. The smallest absolute Gasteiger partial charge is 0.256 e. The highest BCUT2D eigenvalue weighted by molar-refractivity contribution is 6.12. The second kappa shape index (κ2) is 11.2. The molecule has 1 aromatic heterocycles. The van der Waals surface area contributed by atoms with E-state index < -0.39 is 0 Å². The second-order valence-corrected chi connectivity index (χ2v) is 10.9. The van der Waals surface area contributed by atoms with Gasteiger partial charge in [-0.1, -0.05) is 75.0 Å². The quantitative estimate of drug-likeness (QED) is 0.247. The van der Waals surface area contributed by atoms with Crippen molar-refractivity contribution in [3.63, 3.8) is 0 Å². The van der Waals surface area contributed by atoms with Gasteiger partial charge in [0.25, 0.3) is 5.91 Å². The predicted molar refractivity (Wildman–Crippen MR) is 157 cm³/mol. The molecule has 1 fully saturated rings. The van der Waals surface area contributed by atoms with Gasteiger partial charge in [0.05, 0.1) is 16.8 Å². The number of allylic oxidation sites excluding steroid dienone is 1. The van der Waals surface area contributed by atoms with Gasteiger partial charge >= 0.3 is 0 Å². The molecular formula is C34H36N2O2. The number of aliphatic hydroxyl groups is 1.